The minimum absolute atomic E-state index is 0.0635. The number of aromatic amines is 1. The van der Waals surface area contributed by atoms with Crippen molar-refractivity contribution < 1.29 is 13.2 Å². The Hall–Kier alpha value is -3.60. The molecule has 2 heterocycles. The molecule has 5 rings (SSSR count). The summed E-state index contributed by atoms with van der Waals surface area (Å²) >= 11 is 0.960. The Balaban J connectivity index is 1.61. The van der Waals surface area contributed by atoms with Crippen molar-refractivity contribution in [1.29, 1.82) is 0 Å². The van der Waals surface area contributed by atoms with Gasteiger partial charge in [0, 0.05) is 29.6 Å². The van der Waals surface area contributed by atoms with Gasteiger partial charge >= 0.3 is 0 Å². The molecule has 2 aromatic heterocycles. The predicted octanol–water partition coefficient (Wildman–Crippen LogP) is 3.93. The highest BCUT2D eigenvalue weighted by Crippen LogP contribution is 2.27. The van der Waals surface area contributed by atoms with Crippen LogP contribution in [0.2, 0.25) is 0 Å². The molecule has 0 radical (unpaired) electrons. The fraction of sp³-hybridized carbons (Fsp3) is 0.125. The lowest BCUT2D eigenvalue weighted by Gasteiger charge is -2.22. The quantitative estimate of drug-likeness (QED) is 0.369. The second-order valence-electron chi connectivity index (χ2n) is 7.72. The maximum absolute atomic E-state index is 13.9. The lowest BCUT2D eigenvalue weighted by Crippen LogP contribution is -2.32. The van der Waals surface area contributed by atoms with Crippen molar-refractivity contribution in [3.63, 3.8) is 0 Å². The normalized spacial score (nSPS) is 11.9. The highest BCUT2D eigenvalue weighted by molar-refractivity contribution is 7.89. The number of pyridine rings is 1. The number of benzene rings is 3. The molecule has 8 nitrogen and oxygen atoms in total. The fourth-order valence-corrected chi connectivity index (χ4v) is 5.96. The van der Waals surface area contributed by atoms with Crippen LogP contribution >= 0.6 is 11.7 Å². The van der Waals surface area contributed by atoms with Crippen LogP contribution in [0, 0.1) is 0 Å². The van der Waals surface area contributed by atoms with E-state index in [4.69, 9.17) is 4.74 Å². The fourth-order valence-electron chi connectivity index (χ4n) is 3.81. The van der Waals surface area contributed by atoms with Crippen molar-refractivity contribution in [2.45, 2.75) is 18.0 Å². The Morgan fingerprint density at radius 1 is 0.971 bits per heavy atom. The first-order chi connectivity index (χ1) is 16.5. The highest BCUT2D eigenvalue weighted by atomic mass is 32.2. The smallest absolute Gasteiger partial charge is 0.252 e. The molecule has 3 aromatic carbocycles. The SMILES string of the molecule is COc1ccc2[nH]c(=O)c(CN(Cc3ccccc3)S(=O)(=O)c3cccc4nsnc34)cc2c1. The number of hydrogen-bond donors (Lipinski definition) is 1. The Morgan fingerprint density at radius 2 is 1.79 bits per heavy atom. The molecule has 0 amide bonds. The molecule has 0 fully saturated rings. The molecule has 0 aliphatic carbocycles. The van der Waals surface area contributed by atoms with E-state index in [1.807, 2.05) is 30.3 Å². The third kappa shape index (κ3) is 4.18. The van der Waals surface area contributed by atoms with Crippen LogP contribution in [-0.2, 0) is 23.1 Å². The van der Waals surface area contributed by atoms with E-state index in [0.717, 1.165) is 22.7 Å². The average Bonchev–Trinajstić information content (AvgIpc) is 3.33. The summed E-state index contributed by atoms with van der Waals surface area (Å²) in [5, 5.41) is 0.747. The molecule has 0 atom stereocenters. The van der Waals surface area contributed by atoms with Crippen LogP contribution in [0.15, 0.2) is 82.5 Å². The Labute approximate surface area is 199 Å². The van der Waals surface area contributed by atoms with Crippen molar-refractivity contribution >= 4 is 43.7 Å². The van der Waals surface area contributed by atoms with Gasteiger partial charge in [-0.25, -0.2) is 8.42 Å². The average molecular weight is 493 g/mol. The summed E-state index contributed by atoms with van der Waals surface area (Å²) in [5.41, 5.74) is 2.26. The zero-order valence-corrected chi connectivity index (χ0v) is 19.8. The maximum atomic E-state index is 13.9. The summed E-state index contributed by atoms with van der Waals surface area (Å²) in [4.78, 5) is 15.8. The molecule has 0 bridgehead atoms. The molecule has 5 aromatic rings. The molecule has 0 unspecified atom stereocenters. The van der Waals surface area contributed by atoms with Crippen molar-refractivity contribution in [2.75, 3.05) is 7.11 Å². The van der Waals surface area contributed by atoms with Crippen LogP contribution < -0.4 is 10.3 Å². The monoisotopic (exact) mass is 492 g/mol. The number of fused-ring (bicyclic) bond motifs is 2. The first-order valence-electron chi connectivity index (χ1n) is 10.4. The Morgan fingerprint density at radius 3 is 2.59 bits per heavy atom. The third-order valence-electron chi connectivity index (χ3n) is 5.54. The van der Waals surface area contributed by atoms with Gasteiger partial charge in [-0.05, 0) is 42.0 Å². The number of ether oxygens (including phenoxy) is 1. The van der Waals surface area contributed by atoms with E-state index >= 15 is 0 Å². The Kier molecular flexibility index (Phi) is 5.86. The Bertz CT molecular complexity index is 1650. The van der Waals surface area contributed by atoms with Crippen molar-refractivity contribution in [2.24, 2.45) is 0 Å². The van der Waals surface area contributed by atoms with E-state index < -0.39 is 10.0 Å². The molecule has 0 spiro atoms. The van der Waals surface area contributed by atoms with Crippen LogP contribution in [0.25, 0.3) is 21.9 Å². The molecular formula is C24H20N4O4S2. The summed E-state index contributed by atoms with van der Waals surface area (Å²) in [6.45, 7) is -0.0274. The third-order valence-corrected chi connectivity index (χ3v) is 7.91. The van der Waals surface area contributed by atoms with Crippen molar-refractivity contribution in [1.82, 2.24) is 18.0 Å². The van der Waals surface area contributed by atoms with Crippen LogP contribution in [-0.4, -0.2) is 33.6 Å². The molecule has 0 aliphatic rings. The van der Waals surface area contributed by atoms with Gasteiger partial charge in [0.2, 0.25) is 10.0 Å². The van der Waals surface area contributed by atoms with Gasteiger partial charge in [0.25, 0.3) is 5.56 Å². The van der Waals surface area contributed by atoms with Gasteiger partial charge in [0.1, 0.15) is 21.7 Å². The maximum Gasteiger partial charge on any atom is 0.252 e. The zero-order valence-electron chi connectivity index (χ0n) is 18.1. The topological polar surface area (TPSA) is 105 Å². The molecule has 34 heavy (non-hydrogen) atoms. The van der Waals surface area contributed by atoms with Crippen LogP contribution in [0.3, 0.4) is 0 Å². The van der Waals surface area contributed by atoms with Crippen molar-refractivity contribution in [3.8, 4) is 5.75 Å². The molecule has 0 saturated carbocycles. The minimum atomic E-state index is -4.02. The summed E-state index contributed by atoms with van der Waals surface area (Å²) < 4.78 is 42.7. The van der Waals surface area contributed by atoms with Gasteiger partial charge < -0.3 is 9.72 Å². The molecule has 0 saturated heterocycles. The van der Waals surface area contributed by atoms with Crippen molar-refractivity contribution in [3.05, 3.63) is 94.3 Å². The number of nitrogens with one attached hydrogen (secondary N) is 1. The van der Waals surface area contributed by atoms with E-state index in [2.05, 4.69) is 13.7 Å². The molecule has 0 aliphatic heterocycles. The van der Waals surface area contributed by atoms with E-state index in [9.17, 15) is 13.2 Å². The number of aromatic nitrogens is 3. The van der Waals surface area contributed by atoms with Gasteiger partial charge in [0.15, 0.2) is 0 Å². The summed E-state index contributed by atoms with van der Waals surface area (Å²) in [5.74, 6) is 0.641. The highest BCUT2D eigenvalue weighted by Gasteiger charge is 2.29. The number of methoxy groups -OCH3 is 1. The first-order valence-corrected chi connectivity index (χ1v) is 12.6. The van der Waals surface area contributed by atoms with Gasteiger partial charge in [-0.15, -0.1) is 0 Å². The van der Waals surface area contributed by atoms with E-state index in [-0.39, 0.29) is 23.5 Å². The second-order valence-corrected chi connectivity index (χ2v) is 10.2. The van der Waals surface area contributed by atoms with Gasteiger partial charge in [-0.3, -0.25) is 4.79 Å². The predicted molar refractivity (Wildman–Crippen MR) is 131 cm³/mol. The molecule has 10 heteroatoms. The number of hydrogen-bond acceptors (Lipinski definition) is 7. The van der Waals surface area contributed by atoms with Crippen LogP contribution in [0.1, 0.15) is 11.1 Å². The lowest BCUT2D eigenvalue weighted by atomic mass is 10.1. The number of H-pyrrole nitrogens is 1. The van der Waals surface area contributed by atoms with Gasteiger partial charge in [-0.1, -0.05) is 36.4 Å². The van der Waals surface area contributed by atoms with Gasteiger partial charge in [-0.2, -0.15) is 13.1 Å². The summed E-state index contributed by atoms with van der Waals surface area (Å²) in [7, 11) is -2.45. The molecule has 1 N–H and O–H groups in total. The lowest BCUT2D eigenvalue weighted by molar-refractivity contribution is 0.400. The van der Waals surface area contributed by atoms with E-state index in [1.54, 1.807) is 43.5 Å². The molecule has 172 valence electrons. The van der Waals surface area contributed by atoms with Crippen LogP contribution in [0.4, 0.5) is 0 Å². The van der Waals surface area contributed by atoms with Crippen LogP contribution in [0.5, 0.6) is 5.75 Å². The number of rotatable bonds is 7. The van der Waals surface area contributed by atoms with Gasteiger partial charge in [0.05, 0.1) is 18.8 Å². The molecular weight excluding hydrogens is 472 g/mol. The summed E-state index contributed by atoms with van der Waals surface area (Å²) in [6.07, 6.45) is 0. The summed E-state index contributed by atoms with van der Waals surface area (Å²) in [6, 6.07) is 21.2. The standard InChI is InChI=1S/C24H20N4O4S2/c1-32-19-10-11-20-17(13-19)12-18(24(29)25-20)15-28(14-16-6-3-2-4-7-16)34(30,31)22-9-5-8-21-23(22)27-33-26-21/h2-13H,14-15H2,1H3,(H,25,29). The number of sulfonamides is 1. The number of nitrogens with zero attached hydrogens (tertiary/aromatic N) is 3. The largest absolute Gasteiger partial charge is 0.497 e. The zero-order chi connectivity index (χ0) is 23.7. The first kappa shape index (κ1) is 22.2. The second kappa shape index (κ2) is 8.98. The minimum Gasteiger partial charge on any atom is -0.497 e. The van der Waals surface area contributed by atoms with E-state index in [1.165, 1.54) is 10.4 Å². The van der Waals surface area contributed by atoms with E-state index in [0.29, 0.717) is 27.9 Å².